The molecule has 8 heteroatoms. The average Bonchev–Trinajstić information content (AvgIpc) is 2.72. The zero-order chi connectivity index (χ0) is 16.1. The highest BCUT2D eigenvalue weighted by molar-refractivity contribution is 7.92. The van der Waals surface area contributed by atoms with E-state index in [1.54, 1.807) is 5.38 Å². The average molecular weight is 334 g/mol. The number of carbonyl (C=O) groups is 1. The Hall–Kier alpha value is -1.15. The van der Waals surface area contributed by atoms with Crippen LogP contribution in [0.1, 0.15) is 45.7 Å². The van der Waals surface area contributed by atoms with Gasteiger partial charge < -0.3 is 5.11 Å². The molecule has 2 N–H and O–H groups in total. The Bertz CT molecular complexity index is 573. The third-order valence-corrected chi connectivity index (χ3v) is 4.92. The van der Waals surface area contributed by atoms with Crippen molar-refractivity contribution >= 4 is 32.5 Å². The van der Waals surface area contributed by atoms with Crippen molar-refractivity contribution in [3.63, 3.8) is 0 Å². The van der Waals surface area contributed by atoms with Gasteiger partial charge in [-0.2, -0.15) is 0 Å². The van der Waals surface area contributed by atoms with Gasteiger partial charge in [-0.15, -0.1) is 11.3 Å². The Labute approximate surface area is 129 Å². The molecule has 1 aromatic rings. The van der Waals surface area contributed by atoms with E-state index in [9.17, 15) is 13.2 Å². The number of carboxylic acids is 1. The molecule has 0 radical (unpaired) electrons. The molecule has 0 aromatic carbocycles. The number of rotatable bonds is 8. The summed E-state index contributed by atoms with van der Waals surface area (Å²) in [6.07, 6.45) is 1.69. The second-order valence-corrected chi connectivity index (χ2v) is 8.82. The highest BCUT2D eigenvalue weighted by atomic mass is 32.2. The smallest absolute Gasteiger partial charge is 0.303 e. The summed E-state index contributed by atoms with van der Waals surface area (Å²) < 4.78 is 26.3. The van der Waals surface area contributed by atoms with Crippen LogP contribution in [-0.2, 0) is 21.2 Å². The van der Waals surface area contributed by atoms with Crippen molar-refractivity contribution < 1.29 is 18.3 Å². The number of anilines is 1. The molecule has 0 saturated carbocycles. The molecule has 1 aromatic heterocycles. The molecule has 0 spiro atoms. The van der Waals surface area contributed by atoms with Crippen molar-refractivity contribution in [1.82, 2.24) is 4.98 Å². The second-order valence-electron chi connectivity index (χ2n) is 6.12. The van der Waals surface area contributed by atoms with Crippen molar-refractivity contribution in [1.29, 1.82) is 0 Å². The van der Waals surface area contributed by atoms with Gasteiger partial charge in [0.2, 0.25) is 10.0 Å². The third-order valence-electron chi connectivity index (χ3n) is 2.74. The first-order valence-electron chi connectivity index (χ1n) is 6.74. The van der Waals surface area contributed by atoms with Gasteiger partial charge in [0.25, 0.3) is 0 Å². The fourth-order valence-electron chi connectivity index (χ4n) is 1.51. The topological polar surface area (TPSA) is 96.4 Å². The van der Waals surface area contributed by atoms with Gasteiger partial charge >= 0.3 is 5.97 Å². The van der Waals surface area contributed by atoms with Crippen LogP contribution < -0.4 is 4.72 Å². The highest BCUT2D eigenvalue weighted by Gasteiger charge is 2.18. The summed E-state index contributed by atoms with van der Waals surface area (Å²) in [5, 5.41) is 10.7. The molecule has 21 heavy (non-hydrogen) atoms. The summed E-state index contributed by atoms with van der Waals surface area (Å²) >= 11 is 1.22. The number of nitrogens with one attached hydrogen (secondary N) is 1. The van der Waals surface area contributed by atoms with Crippen LogP contribution in [0.25, 0.3) is 0 Å². The molecule has 0 atom stereocenters. The van der Waals surface area contributed by atoms with Gasteiger partial charge in [0.05, 0.1) is 11.4 Å². The fraction of sp³-hybridized carbons (Fsp3) is 0.692. The predicted octanol–water partition coefficient (Wildman–Crippen LogP) is 2.73. The summed E-state index contributed by atoms with van der Waals surface area (Å²) in [5.74, 6) is -0.780. The lowest BCUT2D eigenvalue weighted by Gasteiger charge is -2.17. The van der Waals surface area contributed by atoms with E-state index >= 15 is 0 Å². The highest BCUT2D eigenvalue weighted by Crippen LogP contribution is 2.22. The van der Waals surface area contributed by atoms with Crippen LogP contribution in [0.15, 0.2) is 5.38 Å². The molecule has 0 fully saturated rings. The zero-order valence-corrected chi connectivity index (χ0v) is 14.2. The minimum atomic E-state index is -3.38. The molecule has 0 bridgehead atoms. The van der Waals surface area contributed by atoms with Gasteiger partial charge in [-0.25, -0.2) is 13.4 Å². The van der Waals surface area contributed by atoms with E-state index in [0.29, 0.717) is 24.4 Å². The van der Waals surface area contributed by atoms with E-state index in [2.05, 4.69) is 9.71 Å². The Morgan fingerprint density at radius 1 is 1.43 bits per heavy atom. The standard InChI is InChI=1S/C13H22N2O4S2/c1-13(2,3)7-8-21(18,19)15-12-14-10(9-20-12)5-4-6-11(16)17/h9H,4-8H2,1-3H3,(H,14,15)(H,16,17). The predicted molar refractivity (Wildman–Crippen MR) is 84.2 cm³/mol. The van der Waals surface area contributed by atoms with E-state index in [4.69, 9.17) is 5.11 Å². The summed E-state index contributed by atoms with van der Waals surface area (Å²) in [6, 6.07) is 0. The molecule has 0 aliphatic carbocycles. The quantitative estimate of drug-likeness (QED) is 0.762. The van der Waals surface area contributed by atoms with Crippen molar-refractivity contribution in [2.45, 2.75) is 46.5 Å². The molecule has 0 saturated heterocycles. The number of aromatic nitrogens is 1. The number of hydrogen-bond acceptors (Lipinski definition) is 5. The van der Waals surface area contributed by atoms with E-state index in [-0.39, 0.29) is 17.6 Å². The second kappa shape index (κ2) is 7.22. The van der Waals surface area contributed by atoms with Crippen LogP contribution in [0.4, 0.5) is 5.13 Å². The van der Waals surface area contributed by atoms with Gasteiger partial charge in [0, 0.05) is 11.8 Å². The van der Waals surface area contributed by atoms with E-state index in [1.807, 2.05) is 20.8 Å². The van der Waals surface area contributed by atoms with Crippen LogP contribution in [0.3, 0.4) is 0 Å². The first-order chi connectivity index (χ1) is 9.57. The Morgan fingerprint density at radius 2 is 2.10 bits per heavy atom. The van der Waals surface area contributed by atoms with E-state index in [1.165, 1.54) is 11.3 Å². The first kappa shape index (κ1) is 17.9. The lowest BCUT2D eigenvalue weighted by molar-refractivity contribution is -0.137. The van der Waals surface area contributed by atoms with Gasteiger partial charge in [-0.05, 0) is 24.7 Å². The summed E-state index contributed by atoms with van der Waals surface area (Å²) in [5.41, 5.74) is 0.675. The van der Waals surface area contributed by atoms with Crippen LogP contribution in [-0.4, -0.2) is 30.2 Å². The lowest BCUT2D eigenvalue weighted by atomic mass is 9.94. The molecule has 0 aliphatic heterocycles. The van der Waals surface area contributed by atoms with Gasteiger partial charge in [0.1, 0.15) is 0 Å². The third kappa shape index (κ3) is 8.01. The number of hydrogen-bond donors (Lipinski definition) is 2. The minimum Gasteiger partial charge on any atom is -0.481 e. The number of carboxylic acid groups (broad SMARTS) is 1. The minimum absolute atomic E-state index is 0.0420. The SMILES string of the molecule is CC(C)(C)CCS(=O)(=O)Nc1nc(CCCC(=O)O)cs1. The van der Waals surface area contributed by atoms with Crippen molar-refractivity contribution in [2.24, 2.45) is 5.41 Å². The first-order valence-corrected chi connectivity index (χ1v) is 9.27. The molecule has 0 aliphatic rings. The van der Waals surface area contributed by atoms with Crippen LogP contribution in [0.2, 0.25) is 0 Å². The van der Waals surface area contributed by atoms with Crippen molar-refractivity contribution in [3.05, 3.63) is 11.1 Å². The molecular weight excluding hydrogens is 312 g/mol. The van der Waals surface area contributed by atoms with Gasteiger partial charge in [-0.3, -0.25) is 9.52 Å². The molecule has 1 heterocycles. The molecule has 1 rings (SSSR count). The largest absolute Gasteiger partial charge is 0.481 e. The number of sulfonamides is 1. The van der Waals surface area contributed by atoms with Gasteiger partial charge in [0.15, 0.2) is 5.13 Å². The maximum absolute atomic E-state index is 11.9. The Morgan fingerprint density at radius 3 is 2.67 bits per heavy atom. The Balaban J connectivity index is 2.51. The molecular formula is C13H22N2O4S2. The molecule has 120 valence electrons. The number of nitrogens with zero attached hydrogens (tertiary/aromatic N) is 1. The monoisotopic (exact) mass is 334 g/mol. The Kier molecular flexibility index (Phi) is 6.15. The summed E-state index contributed by atoms with van der Waals surface area (Å²) in [7, 11) is -3.38. The van der Waals surface area contributed by atoms with Crippen molar-refractivity contribution in [3.8, 4) is 0 Å². The fourth-order valence-corrected chi connectivity index (χ4v) is 3.97. The van der Waals surface area contributed by atoms with Crippen LogP contribution in [0, 0.1) is 5.41 Å². The van der Waals surface area contributed by atoms with Crippen LogP contribution >= 0.6 is 11.3 Å². The van der Waals surface area contributed by atoms with E-state index in [0.717, 1.165) is 5.69 Å². The van der Waals surface area contributed by atoms with Gasteiger partial charge in [-0.1, -0.05) is 20.8 Å². The number of aryl methyl sites for hydroxylation is 1. The maximum Gasteiger partial charge on any atom is 0.303 e. The van der Waals surface area contributed by atoms with E-state index < -0.39 is 16.0 Å². The molecule has 0 unspecified atom stereocenters. The van der Waals surface area contributed by atoms with Crippen LogP contribution in [0.5, 0.6) is 0 Å². The maximum atomic E-state index is 11.9. The molecule has 0 amide bonds. The molecule has 6 nitrogen and oxygen atoms in total. The number of thiazole rings is 1. The summed E-state index contributed by atoms with van der Waals surface area (Å²) in [6.45, 7) is 5.98. The lowest BCUT2D eigenvalue weighted by Crippen LogP contribution is -2.20. The van der Waals surface area contributed by atoms with Crippen molar-refractivity contribution in [2.75, 3.05) is 10.5 Å². The summed E-state index contributed by atoms with van der Waals surface area (Å²) in [4.78, 5) is 14.6. The normalized spacial score (nSPS) is 12.3. The number of aliphatic carboxylic acids is 1. The zero-order valence-electron chi connectivity index (χ0n) is 12.5.